The number of aromatic nitrogens is 2. The minimum atomic E-state index is 0.398. The Labute approximate surface area is 250 Å². The molecule has 0 bridgehead atoms. The van der Waals surface area contributed by atoms with Crippen molar-refractivity contribution in [2.45, 2.75) is 6.92 Å². The van der Waals surface area contributed by atoms with Crippen LogP contribution in [0.4, 0.5) is 0 Å². The Kier molecular flexibility index (Phi) is 7.08. The number of allylic oxidation sites excluding steroid dienone is 5. The Hall–Kier alpha value is -6.28. The average molecular weight is 551 g/mol. The lowest BCUT2D eigenvalue weighted by atomic mass is 9.94. The fourth-order valence-corrected chi connectivity index (χ4v) is 5.93. The van der Waals surface area contributed by atoms with Gasteiger partial charge in [-0.05, 0) is 55.0 Å². The Bertz CT molecular complexity index is 2210. The number of aryl methyl sites for hydroxylation is 1. The molecule has 0 aliphatic carbocycles. The minimum absolute atomic E-state index is 0.398. The molecule has 4 aromatic carbocycles. The molecule has 202 valence electrons. The third-order valence-corrected chi connectivity index (χ3v) is 7.73. The van der Waals surface area contributed by atoms with Crippen LogP contribution >= 0.6 is 0 Å². The van der Waals surface area contributed by atoms with E-state index >= 15 is 0 Å². The fourth-order valence-electron chi connectivity index (χ4n) is 5.93. The van der Waals surface area contributed by atoms with Crippen molar-refractivity contribution in [2.24, 2.45) is 0 Å². The largest absolute Gasteiger partial charge is 0.295 e. The van der Waals surface area contributed by atoms with Crippen molar-refractivity contribution in [3.63, 3.8) is 0 Å². The summed E-state index contributed by atoms with van der Waals surface area (Å²) in [6, 6.07) is 34.7. The van der Waals surface area contributed by atoms with E-state index in [1.54, 1.807) is 30.4 Å². The van der Waals surface area contributed by atoms with Gasteiger partial charge in [-0.3, -0.25) is 9.13 Å². The lowest BCUT2D eigenvalue weighted by Gasteiger charge is -2.22. The molecule has 0 N–H and O–H groups in total. The summed E-state index contributed by atoms with van der Waals surface area (Å²) in [7, 11) is 0. The first-order valence-electron chi connectivity index (χ1n) is 13.8. The molecule has 4 nitrogen and oxygen atoms in total. The van der Waals surface area contributed by atoms with Crippen molar-refractivity contribution in [1.82, 2.24) is 9.13 Å². The maximum atomic E-state index is 10.3. The van der Waals surface area contributed by atoms with Crippen molar-refractivity contribution in [2.75, 3.05) is 0 Å². The van der Waals surface area contributed by atoms with Crippen LogP contribution in [0.5, 0.6) is 0 Å². The number of hydrogen-bond acceptors (Lipinski definition) is 2. The molecule has 4 heteroatoms. The van der Waals surface area contributed by atoms with Gasteiger partial charge >= 0.3 is 0 Å². The number of hydrogen-bond donors (Lipinski definition) is 0. The zero-order chi connectivity index (χ0) is 29.9. The Morgan fingerprint density at radius 2 is 1.28 bits per heavy atom. The fraction of sp³-hybridized carbons (Fsp3) is 0.0256. The van der Waals surface area contributed by atoms with Gasteiger partial charge in [0.1, 0.15) is 5.82 Å². The van der Waals surface area contributed by atoms with Crippen LogP contribution in [-0.2, 0) is 0 Å². The molecule has 2 aromatic heterocycles. The van der Waals surface area contributed by atoms with Crippen LogP contribution in [0.2, 0.25) is 0 Å². The van der Waals surface area contributed by atoms with E-state index in [1.807, 2.05) is 54.6 Å². The second-order valence-corrected chi connectivity index (χ2v) is 10.0. The van der Waals surface area contributed by atoms with E-state index in [9.17, 15) is 10.5 Å². The second kappa shape index (κ2) is 11.3. The van der Waals surface area contributed by atoms with Crippen LogP contribution in [0.3, 0.4) is 0 Å². The first-order valence-corrected chi connectivity index (χ1v) is 13.8. The van der Waals surface area contributed by atoms with Gasteiger partial charge in [-0.25, -0.2) is 0 Å². The van der Waals surface area contributed by atoms with Crippen LogP contribution in [-0.4, -0.2) is 9.13 Å². The number of para-hydroxylation sites is 3. The maximum Gasteiger partial charge on any atom is 0.130 e. The topological polar surface area (TPSA) is 57.4 Å². The molecular formula is C39H26N4. The lowest BCUT2D eigenvalue weighted by molar-refractivity contribution is 0.820. The molecule has 6 aromatic rings. The van der Waals surface area contributed by atoms with E-state index in [0.29, 0.717) is 22.3 Å². The highest BCUT2D eigenvalue weighted by Crippen LogP contribution is 2.38. The number of benzene rings is 4. The van der Waals surface area contributed by atoms with Gasteiger partial charge in [0.25, 0.3) is 0 Å². The number of nitriles is 2. The van der Waals surface area contributed by atoms with Crippen LogP contribution in [0.15, 0.2) is 122 Å². The smallest absolute Gasteiger partial charge is 0.130 e. The molecule has 0 fully saturated rings. The summed E-state index contributed by atoms with van der Waals surface area (Å²) in [6.07, 6.45) is 14.8. The number of nitrogens with zero attached hydrogens (tertiary/aromatic N) is 4. The Morgan fingerprint density at radius 3 is 1.81 bits per heavy atom. The molecule has 0 aliphatic heterocycles. The first-order chi connectivity index (χ1) is 21.1. The summed E-state index contributed by atoms with van der Waals surface area (Å²) < 4.78 is 4.41. The summed E-state index contributed by atoms with van der Waals surface area (Å²) >= 11 is 0. The third kappa shape index (κ3) is 4.34. The highest BCUT2D eigenvalue weighted by atomic mass is 15.2. The molecule has 0 radical (unpaired) electrons. The van der Waals surface area contributed by atoms with Gasteiger partial charge in [0.05, 0.1) is 45.5 Å². The first kappa shape index (κ1) is 26.9. The van der Waals surface area contributed by atoms with Crippen molar-refractivity contribution in [3.8, 4) is 24.5 Å². The lowest BCUT2D eigenvalue weighted by Crippen LogP contribution is -2.16. The van der Waals surface area contributed by atoms with E-state index < -0.39 is 0 Å². The normalized spacial score (nSPS) is 12.0. The summed E-state index contributed by atoms with van der Waals surface area (Å²) in [6.45, 7) is 6.02. The number of fused-ring (bicyclic) bond motifs is 4. The van der Waals surface area contributed by atoms with E-state index in [-0.39, 0.29) is 0 Å². The molecule has 0 saturated heterocycles. The molecule has 43 heavy (non-hydrogen) atoms. The molecule has 0 spiro atoms. The van der Waals surface area contributed by atoms with E-state index in [4.69, 9.17) is 6.42 Å². The van der Waals surface area contributed by atoms with Crippen LogP contribution < -0.4 is 0 Å². The molecule has 0 unspecified atom stereocenters. The van der Waals surface area contributed by atoms with Crippen LogP contribution in [0.1, 0.15) is 27.9 Å². The van der Waals surface area contributed by atoms with Crippen molar-refractivity contribution < 1.29 is 0 Å². The minimum Gasteiger partial charge on any atom is -0.295 e. The zero-order valence-corrected chi connectivity index (χ0v) is 23.6. The third-order valence-electron chi connectivity index (χ3n) is 7.73. The van der Waals surface area contributed by atoms with Gasteiger partial charge in [-0.2, -0.15) is 10.5 Å². The van der Waals surface area contributed by atoms with Gasteiger partial charge in [-0.1, -0.05) is 91.4 Å². The Balaban J connectivity index is 1.98. The molecule has 6 rings (SSSR count). The Morgan fingerprint density at radius 1 is 0.744 bits per heavy atom. The van der Waals surface area contributed by atoms with Gasteiger partial charge in [0.15, 0.2) is 0 Å². The summed E-state index contributed by atoms with van der Waals surface area (Å²) in [5, 5.41) is 23.9. The average Bonchev–Trinajstić information content (AvgIpc) is 3.53. The quantitative estimate of drug-likeness (QED) is 0.154. The van der Waals surface area contributed by atoms with Crippen molar-refractivity contribution in [1.29, 1.82) is 10.5 Å². The van der Waals surface area contributed by atoms with Gasteiger partial charge < -0.3 is 0 Å². The van der Waals surface area contributed by atoms with E-state index in [2.05, 4.69) is 77.1 Å². The molecule has 0 amide bonds. The summed E-state index contributed by atoms with van der Waals surface area (Å²) in [4.78, 5) is 0. The van der Waals surface area contributed by atoms with Crippen molar-refractivity contribution in [3.05, 3.63) is 156 Å². The standard InChI is InChI=1S/C39H26N4/c1-4-6-17-33(38-28(25-40)15-14-16-29(38)26-41)39(42-34(21-7-5-2)27(3)30-18-8-11-22-35(30)42)43-36-23-12-9-19-31(36)32-20-10-13-24-37(32)43/h2,4,6-24H,1H2,3H3/b17-6-,21-7-,39-33-. The van der Waals surface area contributed by atoms with E-state index in [0.717, 1.165) is 49.8 Å². The van der Waals surface area contributed by atoms with Gasteiger partial charge in [0, 0.05) is 27.3 Å². The summed E-state index contributed by atoms with van der Waals surface area (Å²) in [5.74, 6) is 3.41. The maximum absolute atomic E-state index is 10.3. The molecule has 2 heterocycles. The highest BCUT2D eigenvalue weighted by molar-refractivity contribution is 6.09. The van der Waals surface area contributed by atoms with Crippen LogP contribution in [0.25, 0.3) is 44.4 Å². The monoisotopic (exact) mass is 550 g/mol. The zero-order valence-electron chi connectivity index (χ0n) is 23.6. The highest BCUT2D eigenvalue weighted by Gasteiger charge is 2.25. The second-order valence-electron chi connectivity index (χ2n) is 10.0. The van der Waals surface area contributed by atoms with Crippen LogP contribution in [0, 0.1) is 47.8 Å². The molecule has 0 aliphatic rings. The van der Waals surface area contributed by atoms with Gasteiger partial charge in [0.2, 0.25) is 0 Å². The number of rotatable bonds is 6. The molecular weight excluding hydrogens is 524 g/mol. The van der Waals surface area contributed by atoms with Crippen molar-refractivity contribution >= 4 is 44.4 Å². The predicted octanol–water partition coefficient (Wildman–Crippen LogP) is 8.88. The SMILES string of the molecule is C#C/C=C\c1c(C)c2ccccc2n1/C(=C(\C=C/C=C)c1c(C#N)cccc1C#N)n1c2ccccc2c2ccccc21. The number of terminal acetylenes is 1. The molecule has 0 saturated carbocycles. The predicted molar refractivity (Wildman–Crippen MR) is 177 cm³/mol. The summed E-state index contributed by atoms with van der Waals surface area (Å²) in [5.41, 5.74) is 6.92. The molecule has 0 atom stereocenters. The van der Waals surface area contributed by atoms with E-state index in [1.165, 1.54) is 0 Å². The van der Waals surface area contributed by atoms with Gasteiger partial charge in [-0.15, -0.1) is 6.42 Å².